The van der Waals surface area contributed by atoms with Gasteiger partial charge in [0.2, 0.25) is 10.0 Å². The van der Waals surface area contributed by atoms with Crippen LogP contribution in [0.2, 0.25) is 0 Å². The number of hydrogen-bond donors (Lipinski definition) is 1. The van der Waals surface area contributed by atoms with Gasteiger partial charge in [-0.3, -0.25) is 4.72 Å². The Morgan fingerprint density at radius 3 is 2.00 bits per heavy atom. The molecule has 0 unspecified atom stereocenters. The summed E-state index contributed by atoms with van der Waals surface area (Å²) >= 11 is 0. The minimum Gasteiger partial charge on any atom is -0.267 e. The van der Waals surface area contributed by atoms with Crippen LogP contribution in [0.25, 0.3) is 0 Å². The highest BCUT2D eigenvalue weighted by Crippen LogP contribution is 2.22. The first-order valence-electron chi connectivity index (χ1n) is 4.64. The molecular weight excluding hydrogens is 212 g/mol. The molecule has 0 bridgehead atoms. The Balaban J connectivity index is 3.33. The van der Waals surface area contributed by atoms with E-state index in [1.807, 2.05) is 27.7 Å². The zero-order chi connectivity index (χ0) is 11.8. The smallest absolute Gasteiger partial charge is 0.230 e. The van der Waals surface area contributed by atoms with Crippen molar-refractivity contribution in [2.75, 3.05) is 11.0 Å². The normalized spacial score (nSPS) is 11.5. The predicted octanol–water partition coefficient (Wildman–Crippen LogP) is 1.69. The molecule has 0 radical (unpaired) electrons. The van der Waals surface area contributed by atoms with E-state index in [2.05, 4.69) is 9.71 Å². The third-order valence-corrected chi connectivity index (χ3v) is 3.15. The summed E-state index contributed by atoms with van der Waals surface area (Å²) in [5.74, 6) is 0.429. The lowest BCUT2D eigenvalue weighted by Crippen LogP contribution is -2.13. The van der Waals surface area contributed by atoms with Crippen LogP contribution in [0.3, 0.4) is 0 Å². The van der Waals surface area contributed by atoms with Gasteiger partial charge in [0.15, 0.2) is 0 Å². The maximum absolute atomic E-state index is 11.1. The van der Waals surface area contributed by atoms with Crippen LogP contribution in [0, 0.1) is 27.7 Å². The van der Waals surface area contributed by atoms with E-state index in [1.54, 1.807) is 0 Å². The summed E-state index contributed by atoms with van der Waals surface area (Å²) in [5, 5.41) is 0. The summed E-state index contributed by atoms with van der Waals surface area (Å²) in [4.78, 5) is 4.23. The van der Waals surface area contributed by atoms with E-state index in [4.69, 9.17) is 0 Å². The number of hydrogen-bond acceptors (Lipinski definition) is 3. The van der Waals surface area contributed by atoms with Crippen LogP contribution >= 0.6 is 0 Å². The molecule has 0 aromatic carbocycles. The fourth-order valence-corrected chi connectivity index (χ4v) is 1.89. The summed E-state index contributed by atoms with van der Waals surface area (Å²) in [6.07, 6.45) is 1.12. The number of nitrogens with zero attached hydrogens (tertiary/aromatic N) is 1. The number of aromatic nitrogens is 1. The molecule has 4 nitrogen and oxygen atoms in total. The second-order valence-corrected chi connectivity index (χ2v) is 5.54. The van der Waals surface area contributed by atoms with Gasteiger partial charge >= 0.3 is 0 Å². The third-order valence-electron chi connectivity index (χ3n) is 2.58. The van der Waals surface area contributed by atoms with E-state index in [1.165, 1.54) is 0 Å². The lowest BCUT2D eigenvalue weighted by Gasteiger charge is -2.13. The molecule has 1 rings (SSSR count). The van der Waals surface area contributed by atoms with Gasteiger partial charge in [-0.25, -0.2) is 13.4 Å². The molecule has 0 saturated carbocycles. The highest BCUT2D eigenvalue weighted by atomic mass is 32.2. The number of nitrogens with one attached hydrogen (secondary N) is 1. The van der Waals surface area contributed by atoms with Gasteiger partial charge in [-0.05, 0) is 44.4 Å². The number of pyridine rings is 1. The molecule has 1 aromatic rings. The Bertz CT molecular complexity index is 493. The van der Waals surface area contributed by atoms with Gasteiger partial charge in [0, 0.05) is 5.69 Å². The summed E-state index contributed by atoms with van der Waals surface area (Å²) in [5.41, 5.74) is 3.91. The third kappa shape index (κ3) is 2.68. The Morgan fingerprint density at radius 2 is 1.53 bits per heavy atom. The van der Waals surface area contributed by atoms with Crippen molar-refractivity contribution in [3.05, 3.63) is 22.4 Å². The van der Waals surface area contributed by atoms with Crippen LogP contribution in [-0.2, 0) is 10.0 Å². The average Bonchev–Trinajstić information content (AvgIpc) is 2.08. The van der Waals surface area contributed by atoms with Crippen LogP contribution in [0.1, 0.15) is 22.4 Å². The van der Waals surface area contributed by atoms with Gasteiger partial charge in [-0.1, -0.05) is 0 Å². The van der Waals surface area contributed by atoms with Crippen molar-refractivity contribution in [3.8, 4) is 0 Å². The van der Waals surface area contributed by atoms with Gasteiger partial charge in [0.25, 0.3) is 0 Å². The van der Waals surface area contributed by atoms with Crippen molar-refractivity contribution >= 4 is 15.8 Å². The van der Waals surface area contributed by atoms with Gasteiger partial charge in [0.05, 0.1) is 6.26 Å². The zero-order valence-electron chi connectivity index (χ0n) is 9.67. The Kier molecular flexibility index (Phi) is 3.04. The SMILES string of the molecule is Cc1nc(NS(C)(=O)=O)c(C)c(C)c1C. The van der Waals surface area contributed by atoms with E-state index in [0.29, 0.717) is 5.82 Å². The van der Waals surface area contributed by atoms with Crippen LogP contribution in [0.15, 0.2) is 0 Å². The van der Waals surface area contributed by atoms with Crippen LogP contribution in [0.5, 0.6) is 0 Å². The first-order valence-corrected chi connectivity index (χ1v) is 6.53. The number of sulfonamides is 1. The molecule has 1 heterocycles. The molecule has 0 aliphatic heterocycles. The largest absolute Gasteiger partial charge is 0.267 e. The summed E-state index contributed by atoms with van der Waals surface area (Å²) in [6.45, 7) is 7.68. The van der Waals surface area contributed by atoms with Crippen LogP contribution in [-0.4, -0.2) is 19.7 Å². The molecule has 0 fully saturated rings. The predicted molar refractivity (Wildman–Crippen MR) is 61.7 cm³/mol. The van der Waals surface area contributed by atoms with Gasteiger partial charge in [-0.2, -0.15) is 0 Å². The second-order valence-electron chi connectivity index (χ2n) is 3.80. The topological polar surface area (TPSA) is 59.1 Å². The molecule has 0 amide bonds. The summed E-state index contributed by atoms with van der Waals surface area (Å²) < 4.78 is 24.6. The molecule has 84 valence electrons. The fourth-order valence-electron chi connectivity index (χ4n) is 1.34. The summed E-state index contributed by atoms with van der Waals surface area (Å²) in [7, 11) is -3.26. The van der Waals surface area contributed by atoms with Crippen molar-refractivity contribution in [3.63, 3.8) is 0 Å². The lowest BCUT2D eigenvalue weighted by atomic mass is 10.0. The van der Waals surface area contributed by atoms with Crippen molar-refractivity contribution in [2.45, 2.75) is 27.7 Å². The first kappa shape index (κ1) is 12.0. The van der Waals surface area contributed by atoms with Crippen LogP contribution in [0.4, 0.5) is 5.82 Å². The van der Waals surface area contributed by atoms with E-state index in [-0.39, 0.29) is 0 Å². The van der Waals surface area contributed by atoms with Crippen molar-refractivity contribution in [2.24, 2.45) is 0 Å². The quantitative estimate of drug-likeness (QED) is 0.838. The maximum Gasteiger partial charge on any atom is 0.230 e. The van der Waals surface area contributed by atoms with Crippen molar-refractivity contribution in [1.82, 2.24) is 4.98 Å². The molecule has 1 N–H and O–H groups in total. The monoisotopic (exact) mass is 228 g/mol. The van der Waals surface area contributed by atoms with E-state index in [0.717, 1.165) is 28.6 Å². The second kappa shape index (κ2) is 3.81. The minimum absolute atomic E-state index is 0.429. The maximum atomic E-state index is 11.1. The Hall–Kier alpha value is -1.10. The Morgan fingerprint density at radius 1 is 1.00 bits per heavy atom. The lowest BCUT2D eigenvalue weighted by molar-refractivity contribution is 0.606. The highest BCUT2D eigenvalue weighted by Gasteiger charge is 2.11. The zero-order valence-corrected chi connectivity index (χ0v) is 10.5. The highest BCUT2D eigenvalue weighted by molar-refractivity contribution is 7.92. The molecule has 5 heteroatoms. The fraction of sp³-hybridized carbons (Fsp3) is 0.500. The number of anilines is 1. The molecular formula is C10H16N2O2S. The van der Waals surface area contributed by atoms with Crippen molar-refractivity contribution < 1.29 is 8.42 Å². The molecule has 0 aliphatic rings. The van der Waals surface area contributed by atoms with Gasteiger partial charge < -0.3 is 0 Å². The van der Waals surface area contributed by atoms with Crippen LogP contribution < -0.4 is 4.72 Å². The summed E-state index contributed by atoms with van der Waals surface area (Å²) in [6, 6.07) is 0. The number of rotatable bonds is 2. The van der Waals surface area contributed by atoms with Crippen molar-refractivity contribution in [1.29, 1.82) is 0 Å². The molecule has 0 saturated heterocycles. The van der Waals surface area contributed by atoms with Gasteiger partial charge in [-0.15, -0.1) is 0 Å². The average molecular weight is 228 g/mol. The van der Waals surface area contributed by atoms with Gasteiger partial charge in [0.1, 0.15) is 5.82 Å². The molecule has 0 atom stereocenters. The minimum atomic E-state index is -3.26. The number of aryl methyl sites for hydroxylation is 1. The molecule has 0 aliphatic carbocycles. The standard InChI is InChI=1S/C10H16N2O2S/c1-6-7(2)9(4)11-10(8(6)3)12-15(5,13)14/h1-5H3,(H,11,12). The Labute approximate surface area is 90.8 Å². The van der Waals surface area contributed by atoms with E-state index in [9.17, 15) is 8.42 Å². The molecule has 0 spiro atoms. The molecule has 15 heavy (non-hydrogen) atoms. The van der Waals surface area contributed by atoms with E-state index < -0.39 is 10.0 Å². The van der Waals surface area contributed by atoms with E-state index >= 15 is 0 Å². The first-order chi connectivity index (χ1) is 6.72. The molecule has 1 aromatic heterocycles.